The molecule has 0 fully saturated rings. The minimum atomic E-state index is -0.592. The van der Waals surface area contributed by atoms with Crippen LogP contribution in [0.2, 0.25) is 0 Å². The highest BCUT2D eigenvalue weighted by atomic mass is 16.2. The standard InChI is InChI=1S/C26H27N3O3/c1-4-22(30)19(3)27-17-29(28-16-15-23(31)18(2)24(28)26(27)32)25(20-11-7-5-8-12-20)21-13-9-6-10-14-21/h5-16,19,25H,4,17H2,1-3H3. The minimum absolute atomic E-state index is 0.0151. The van der Waals surface area contributed by atoms with Crippen LogP contribution in [0.5, 0.6) is 0 Å². The molecule has 0 radical (unpaired) electrons. The molecule has 1 aliphatic heterocycles. The summed E-state index contributed by atoms with van der Waals surface area (Å²) in [5.41, 5.74) is 2.57. The fraction of sp³-hybridized carbons (Fsp3) is 0.269. The second-order valence-corrected chi connectivity index (χ2v) is 8.07. The molecule has 0 saturated carbocycles. The first-order chi connectivity index (χ1) is 15.4. The Hall–Kier alpha value is -3.67. The predicted octanol–water partition coefficient (Wildman–Crippen LogP) is 3.67. The van der Waals surface area contributed by atoms with Crippen LogP contribution in [0.4, 0.5) is 0 Å². The highest BCUT2D eigenvalue weighted by molar-refractivity contribution is 5.98. The SMILES string of the molecule is CCC(=O)C(C)N1CN(C(c2ccccc2)c2ccccc2)n2ccc(=O)c(C)c2C1=O. The molecular weight excluding hydrogens is 402 g/mol. The molecule has 0 N–H and O–H groups in total. The maximum atomic E-state index is 13.5. The Balaban J connectivity index is 1.94. The third-order valence-electron chi connectivity index (χ3n) is 6.17. The van der Waals surface area contributed by atoms with E-state index in [0.717, 1.165) is 11.1 Å². The van der Waals surface area contributed by atoms with Gasteiger partial charge in [0.25, 0.3) is 5.91 Å². The number of Topliss-reactive ketones (excluding diaryl/α,β-unsaturated/α-hetero) is 1. The molecule has 0 spiro atoms. The summed E-state index contributed by atoms with van der Waals surface area (Å²) in [6, 6.07) is 20.7. The monoisotopic (exact) mass is 429 g/mol. The van der Waals surface area contributed by atoms with Crippen LogP contribution in [-0.2, 0) is 4.79 Å². The molecule has 3 aromatic rings. The number of hydrogen-bond donors (Lipinski definition) is 0. The van der Waals surface area contributed by atoms with Crippen LogP contribution < -0.4 is 10.4 Å². The molecule has 4 rings (SSSR count). The van der Waals surface area contributed by atoms with Crippen LogP contribution in [0.3, 0.4) is 0 Å². The second-order valence-electron chi connectivity index (χ2n) is 8.07. The first-order valence-corrected chi connectivity index (χ1v) is 10.9. The molecule has 2 heterocycles. The molecular formula is C26H27N3O3. The van der Waals surface area contributed by atoms with E-state index in [9.17, 15) is 14.4 Å². The van der Waals surface area contributed by atoms with E-state index in [4.69, 9.17) is 0 Å². The molecule has 32 heavy (non-hydrogen) atoms. The van der Waals surface area contributed by atoms with E-state index in [1.165, 1.54) is 6.07 Å². The number of amides is 1. The van der Waals surface area contributed by atoms with Crippen LogP contribution in [-0.4, -0.2) is 34.0 Å². The number of pyridine rings is 1. The molecule has 1 unspecified atom stereocenters. The maximum Gasteiger partial charge on any atom is 0.274 e. The number of ketones is 1. The topological polar surface area (TPSA) is 62.6 Å². The molecule has 0 aliphatic carbocycles. The zero-order valence-corrected chi connectivity index (χ0v) is 18.6. The Bertz CT molecular complexity index is 1150. The van der Waals surface area contributed by atoms with Crippen molar-refractivity contribution in [2.45, 2.75) is 39.3 Å². The maximum absolute atomic E-state index is 13.5. The largest absolute Gasteiger partial charge is 0.308 e. The van der Waals surface area contributed by atoms with Gasteiger partial charge >= 0.3 is 0 Å². The summed E-state index contributed by atoms with van der Waals surface area (Å²) in [5, 5.41) is 2.05. The molecule has 0 bridgehead atoms. The summed E-state index contributed by atoms with van der Waals surface area (Å²) in [6.45, 7) is 5.44. The number of carbonyl (C=O) groups is 2. The smallest absolute Gasteiger partial charge is 0.274 e. The van der Waals surface area contributed by atoms with Crippen molar-refractivity contribution < 1.29 is 9.59 Å². The summed E-state index contributed by atoms with van der Waals surface area (Å²) in [7, 11) is 0. The van der Waals surface area contributed by atoms with Gasteiger partial charge in [-0.05, 0) is 25.0 Å². The van der Waals surface area contributed by atoms with Gasteiger partial charge in [0.2, 0.25) is 0 Å². The van der Waals surface area contributed by atoms with Crippen LogP contribution >= 0.6 is 0 Å². The van der Waals surface area contributed by atoms with Crippen LogP contribution in [0, 0.1) is 6.92 Å². The Kier molecular flexibility index (Phi) is 5.95. The molecule has 6 nitrogen and oxygen atoms in total. The lowest BCUT2D eigenvalue weighted by Gasteiger charge is -2.45. The predicted molar refractivity (Wildman–Crippen MR) is 124 cm³/mol. The molecule has 0 saturated heterocycles. The van der Waals surface area contributed by atoms with Gasteiger partial charge in [0, 0.05) is 24.2 Å². The lowest BCUT2D eigenvalue weighted by molar-refractivity contribution is -0.122. The van der Waals surface area contributed by atoms with Crippen molar-refractivity contribution in [1.82, 2.24) is 9.58 Å². The number of nitrogens with zero attached hydrogens (tertiary/aromatic N) is 3. The molecule has 1 atom stereocenters. The van der Waals surface area contributed by atoms with E-state index in [-0.39, 0.29) is 29.8 Å². The Morgan fingerprint density at radius 1 is 0.938 bits per heavy atom. The van der Waals surface area contributed by atoms with Crippen molar-refractivity contribution in [2.24, 2.45) is 0 Å². The summed E-state index contributed by atoms with van der Waals surface area (Å²) < 4.78 is 1.78. The minimum Gasteiger partial charge on any atom is -0.308 e. The third-order valence-corrected chi connectivity index (χ3v) is 6.17. The zero-order valence-electron chi connectivity index (χ0n) is 18.6. The number of hydrogen-bond acceptors (Lipinski definition) is 4. The fourth-order valence-electron chi connectivity index (χ4n) is 4.30. The molecule has 2 aromatic carbocycles. The summed E-state index contributed by atoms with van der Waals surface area (Å²) >= 11 is 0. The first kappa shape index (κ1) is 21.6. The van der Waals surface area contributed by atoms with E-state index < -0.39 is 6.04 Å². The number of benzene rings is 2. The molecule has 1 aliphatic rings. The fourth-order valence-corrected chi connectivity index (χ4v) is 4.30. The summed E-state index contributed by atoms with van der Waals surface area (Å²) in [5.74, 6) is -0.315. The number of aromatic nitrogens is 1. The quantitative estimate of drug-likeness (QED) is 0.600. The van der Waals surface area contributed by atoms with Gasteiger partial charge in [-0.25, -0.2) is 0 Å². The lowest BCUT2D eigenvalue weighted by atomic mass is 9.97. The van der Waals surface area contributed by atoms with Crippen molar-refractivity contribution in [1.29, 1.82) is 0 Å². The summed E-state index contributed by atoms with van der Waals surface area (Å²) in [6.07, 6.45) is 2.00. The molecule has 1 aromatic heterocycles. The number of carbonyl (C=O) groups excluding carboxylic acids is 2. The Morgan fingerprint density at radius 2 is 1.50 bits per heavy atom. The number of fused-ring (bicyclic) bond motifs is 1. The molecule has 164 valence electrons. The summed E-state index contributed by atoms with van der Waals surface area (Å²) in [4.78, 5) is 40.1. The van der Waals surface area contributed by atoms with E-state index in [0.29, 0.717) is 17.7 Å². The van der Waals surface area contributed by atoms with E-state index >= 15 is 0 Å². The van der Waals surface area contributed by atoms with Gasteiger partial charge in [-0.15, -0.1) is 0 Å². The lowest BCUT2D eigenvalue weighted by Crippen LogP contribution is -2.59. The van der Waals surface area contributed by atoms with Crippen molar-refractivity contribution in [2.75, 3.05) is 11.7 Å². The van der Waals surface area contributed by atoms with Gasteiger partial charge in [-0.3, -0.25) is 24.1 Å². The van der Waals surface area contributed by atoms with Gasteiger partial charge in [0.05, 0.1) is 12.1 Å². The molecule has 6 heteroatoms. The first-order valence-electron chi connectivity index (χ1n) is 10.9. The van der Waals surface area contributed by atoms with Crippen molar-refractivity contribution in [3.05, 3.63) is 106 Å². The van der Waals surface area contributed by atoms with E-state index in [2.05, 4.69) is 0 Å². The number of rotatable bonds is 6. The second kappa shape index (κ2) is 8.83. The van der Waals surface area contributed by atoms with Crippen LogP contribution in [0.15, 0.2) is 77.7 Å². The van der Waals surface area contributed by atoms with Gasteiger partial charge in [-0.1, -0.05) is 67.6 Å². The third kappa shape index (κ3) is 3.73. The van der Waals surface area contributed by atoms with Crippen molar-refractivity contribution >= 4 is 11.7 Å². The normalized spacial score (nSPS) is 14.4. The van der Waals surface area contributed by atoms with E-state index in [1.807, 2.05) is 65.7 Å². The van der Waals surface area contributed by atoms with Crippen LogP contribution in [0.25, 0.3) is 0 Å². The highest BCUT2D eigenvalue weighted by Gasteiger charge is 2.38. The van der Waals surface area contributed by atoms with Gasteiger partial charge in [0.1, 0.15) is 12.4 Å². The van der Waals surface area contributed by atoms with Crippen molar-refractivity contribution in [3.8, 4) is 0 Å². The van der Waals surface area contributed by atoms with Gasteiger partial charge in [-0.2, -0.15) is 0 Å². The average Bonchev–Trinajstić information content (AvgIpc) is 2.83. The van der Waals surface area contributed by atoms with Crippen LogP contribution in [0.1, 0.15) is 53.5 Å². The van der Waals surface area contributed by atoms with E-state index in [1.54, 1.807) is 36.5 Å². The highest BCUT2D eigenvalue weighted by Crippen LogP contribution is 2.31. The zero-order chi connectivity index (χ0) is 22.8. The van der Waals surface area contributed by atoms with Gasteiger partial charge < -0.3 is 4.90 Å². The van der Waals surface area contributed by atoms with Gasteiger partial charge in [0.15, 0.2) is 11.2 Å². The van der Waals surface area contributed by atoms with Crippen molar-refractivity contribution in [3.63, 3.8) is 0 Å². The Morgan fingerprint density at radius 3 is 2.03 bits per heavy atom. The Labute approximate surface area is 187 Å². The molecule has 1 amide bonds. The average molecular weight is 430 g/mol.